The Labute approximate surface area is 200 Å². The number of fused-ring (bicyclic) bond motifs is 1. The minimum Gasteiger partial charge on any atom is -0.322 e. The quantitative estimate of drug-likeness (QED) is 0.394. The van der Waals surface area contributed by atoms with E-state index in [0.717, 1.165) is 42.1 Å². The summed E-state index contributed by atoms with van der Waals surface area (Å²) < 4.78 is 2.25. The van der Waals surface area contributed by atoms with Gasteiger partial charge in [0.25, 0.3) is 0 Å². The third-order valence-electron chi connectivity index (χ3n) is 4.68. The van der Waals surface area contributed by atoms with E-state index in [4.69, 9.17) is 28.2 Å². The molecule has 9 heteroatoms. The maximum Gasteiger partial charge on any atom is 0.124 e. The summed E-state index contributed by atoms with van der Waals surface area (Å²) in [5.74, 6) is 1.08. The molecule has 1 aromatic heterocycles. The Morgan fingerprint density at radius 2 is 1.39 bits per heavy atom. The highest BCUT2D eigenvalue weighted by Crippen LogP contribution is 2.28. The van der Waals surface area contributed by atoms with Crippen molar-refractivity contribution in [3.8, 4) is 0 Å². The third-order valence-corrected chi connectivity index (χ3v) is 5.38. The molecule has 0 bridgehead atoms. The van der Waals surface area contributed by atoms with Crippen LogP contribution < -0.4 is 0 Å². The lowest BCUT2D eigenvalue weighted by Crippen LogP contribution is -2.21. The van der Waals surface area contributed by atoms with E-state index in [0.29, 0.717) is 16.6 Å². The minimum atomic E-state index is 0. The molecule has 1 aliphatic heterocycles. The Morgan fingerprint density at radius 1 is 0.786 bits per heavy atom. The third kappa shape index (κ3) is 5.82. The molecule has 2 aromatic carbocycles. The first-order chi connectivity index (χ1) is 11.7. The van der Waals surface area contributed by atoms with Gasteiger partial charge in [-0.3, -0.25) is 4.90 Å². The zero-order valence-corrected chi connectivity index (χ0v) is 19.8. The van der Waals surface area contributed by atoms with Gasteiger partial charge < -0.3 is 4.57 Å². The van der Waals surface area contributed by atoms with Crippen LogP contribution in [0.1, 0.15) is 24.2 Å². The van der Waals surface area contributed by atoms with Crippen LogP contribution in [0.2, 0.25) is 10.0 Å². The first-order valence-electron chi connectivity index (χ1n) is 8.32. The van der Waals surface area contributed by atoms with Crippen LogP contribution in [-0.2, 0) is 13.1 Å². The second kappa shape index (κ2) is 12.3. The monoisotopic (exact) mass is 503 g/mol. The first-order valence-corrected chi connectivity index (χ1v) is 9.07. The van der Waals surface area contributed by atoms with Crippen LogP contribution in [0, 0.1) is 0 Å². The van der Waals surface area contributed by atoms with Gasteiger partial charge in [-0.25, -0.2) is 4.98 Å². The molecule has 1 fully saturated rings. The first kappa shape index (κ1) is 27.6. The van der Waals surface area contributed by atoms with E-state index in [1.165, 1.54) is 12.8 Å². The molecule has 3 nitrogen and oxygen atoms in total. The Bertz CT molecular complexity index is 857. The fourth-order valence-electron chi connectivity index (χ4n) is 3.40. The molecule has 2 heterocycles. The maximum atomic E-state index is 6.39. The van der Waals surface area contributed by atoms with Crippen LogP contribution in [0.25, 0.3) is 11.0 Å². The summed E-state index contributed by atoms with van der Waals surface area (Å²) in [5, 5.41) is 1.40. The molecule has 1 saturated heterocycles. The summed E-state index contributed by atoms with van der Waals surface area (Å²) in [6, 6.07) is 13.9. The van der Waals surface area contributed by atoms with Gasteiger partial charge in [-0.2, -0.15) is 0 Å². The summed E-state index contributed by atoms with van der Waals surface area (Å²) >= 11 is 12.8. The van der Waals surface area contributed by atoms with E-state index < -0.39 is 0 Å². The van der Waals surface area contributed by atoms with Crippen molar-refractivity contribution < 1.29 is 0 Å². The Balaban J connectivity index is 0.00000182. The maximum absolute atomic E-state index is 6.39. The topological polar surface area (TPSA) is 21.1 Å². The summed E-state index contributed by atoms with van der Waals surface area (Å²) in [5.41, 5.74) is 3.10. The molecule has 156 valence electrons. The van der Waals surface area contributed by atoms with E-state index in [1.807, 2.05) is 30.3 Å². The summed E-state index contributed by atoms with van der Waals surface area (Å²) in [4.78, 5) is 7.33. The van der Waals surface area contributed by atoms with Gasteiger partial charge in [-0.05, 0) is 50.2 Å². The zero-order chi connectivity index (χ0) is 16.5. The number of para-hydroxylation sites is 2. The van der Waals surface area contributed by atoms with Crippen molar-refractivity contribution >= 4 is 83.9 Å². The SMILES string of the molecule is Cl.Cl.Cl.Cl.Clc1cccc(Cl)c1Cn1c(CN2CCCC2)nc2ccccc21. The van der Waals surface area contributed by atoms with E-state index >= 15 is 0 Å². The number of aromatic nitrogens is 2. The molecule has 0 saturated carbocycles. The highest BCUT2D eigenvalue weighted by molar-refractivity contribution is 6.36. The number of nitrogens with zero attached hydrogens (tertiary/aromatic N) is 3. The van der Waals surface area contributed by atoms with Crippen molar-refractivity contribution in [3.05, 3.63) is 63.9 Å². The smallest absolute Gasteiger partial charge is 0.124 e. The number of halogens is 6. The van der Waals surface area contributed by atoms with Gasteiger partial charge >= 0.3 is 0 Å². The average Bonchev–Trinajstić information content (AvgIpc) is 3.19. The lowest BCUT2D eigenvalue weighted by molar-refractivity contribution is 0.318. The number of hydrogen-bond acceptors (Lipinski definition) is 2. The lowest BCUT2D eigenvalue weighted by atomic mass is 10.2. The second-order valence-electron chi connectivity index (χ2n) is 6.29. The highest BCUT2D eigenvalue weighted by atomic mass is 35.5. The van der Waals surface area contributed by atoms with Crippen molar-refractivity contribution in [1.82, 2.24) is 14.5 Å². The molecule has 0 amide bonds. The molecular formula is C19H23Cl6N3. The van der Waals surface area contributed by atoms with Gasteiger partial charge in [-0.1, -0.05) is 41.4 Å². The van der Waals surface area contributed by atoms with Gasteiger partial charge in [0.15, 0.2) is 0 Å². The number of hydrogen-bond donors (Lipinski definition) is 0. The molecule has 0 N–H and O–H groups in total. The average molecular weight is 506 g/mol. The van der Waals surface area contributed by atoms with Crippen LogP contribution >= 0.6 is 72.8 Å². The lowest BCUT2D eigenvalue weighted by Gasteiger charge is -2.17. The Hall–Kier alpha value is -0.390. The van der Waals surface area contributed by atoms with Gasteiger partial charge in [0, 0.05) is 15.6 Å². The minimum absolute atomic E-state index is 0. The van der Waals surface area contributed by atoms with Crippen molar-refractivity contribution in [2.24, 2.45) is 0 Å². The van der Waals surface area contributed by atoms with E-state index in [9.17, 15) is 0 Å². The van der Waals surface area contributed by atoms with Gasteiger partial charge in [0.1, 0.15) is 5.82 Å². The summed E-state index contributed by atoms with van der Waals surface area (Å²) in [6.07, 6.45) is 2.55. The van der Waals surface area contributed by atoms with Crippen molar-refractivity contribution in [1.29, 1.82) is 0 Å². The van der Waals surface area contributed by atoms with E-state index in [2.05, 4.69) is 21.6 Å². The Morgan fingerprint density at radius 3 is 2.04 bits per heavy atom. The normalized spacial score (nSPS) is 13.2. The molecule has 28 heavy (non-hydrogen) atoms. The molecule has 3 aromatic rings. The largest absolute Gasteiger partial charge is 0.322 e. The molecule has 0 aliphatic carbocycles. The standard InChI is InChI=1S/C19H19Cl2N3.4ClH/c20-15-6-5-7-16(21)14(15)12-24-18-9-2-1-8-17(18)22-19(24)13-23-10-3-4-11-23;;;;/h1-2,5-9H,3-4,10-13H2;4*1H. The number of benzene rings is 2. The van der Waals surface area contributed by atoms with Crippen LogP contribution in [0.4, 0.5) is 0 Å². The van der Waals surface area contributed by atoms with Crippen LogP contribution in [-0.4, -0.2) is 27.5 Å². The molecule has 1 aliphatic rings. The number of rotatable bonds is 4. The second-order valence-corrected chi connectivity index (χ2v) is 7.10. The van der Waals surface area contributed by atoms with Crippen molar-refractivity contribution in [3.63, 3.8) is 0 Å². The number of imidazole rings is 1. The highest BCUT2D eigenvalue weighted by Gasteiger charge is 2.18. The van der Waals surface area contributed by atoms with Gasteiger partial charge in [-0.15, -0.1) is 49.6 Å². The van der Waals surface area contributed by atoms with Crippen LogP contribution in [0.15, 0.2) is 42.5 Å². The molecular weight excluding hydrogens is 483 g/mol. The fourth-order valence-corrected chi connectivity index (χ4v) is 3.92. The molecule has 0 spiro atoms. The van der Waals surface area contributed by atoms with E-state index in [-0.39, 0.29) is 49.6 Å². The van der Waals surface area contributed by atoms with Gasteiger partial charge in [0.2, 0.25) is 0 Å². The zero-order valence-electron chi connectivity index (χ0n) is 15.0. The van der Waals surface area contributed by atoms with Crippen LogP contribution in [0.3, 0.4) is 0 Å². The van der Waals surface area contributed by atoms with Gasteiger partial charge in [0.05, 0.1) is 24.1 Å². The van der Waals surface area contributed by atoms with Crippen LogP contribution in [0.5, 0.6) is 0 Å². The predicted molar refractivity (Wildman–Crippen MR) is 129 cm³/mol. The molecule has 0 unspecified atom stereocenters. The predicted octanol–water partition coefficient (Wildman–Crippen LogP) is 6.67. The summed E-state index contributed by atoms with van der Waals surface area (Å²) in [7, 11) is 0. The fraction of sp³-hybridized carbons (Fsp3) is 0.316. The molecule has 0 radical (unpaired) electrons. The Kier molecular flexibility index (Phi) is 12.2. The summed E-state index contributed by atoms with van der Waals surface area (Å²) in [6.45, 7) is 3.81. The molecule has 0 atom stereocenters. The van der Waals surface area contributed by atoms with Crippen molar-refractivity contribution in [2.75, 3.05) is 13.1 Å². The van der Waals surface area contributed by atoms with Crippen molar-refractivity contribution in [2.45, 2.75) is 25.9 Å². The molecule has 4 rings (SSSR count). The van der Waals surface area contributed by atoms with E-state index in [1.54, 1.807) is 0 Å². The number of likely N-dealkylation sites (tertiary alicyclic amines) is 1.